The molecule has 0 atom stereocenters. The molecule has 1 aliphatic rings. The summed E-state index contributed by atoms with van der Waals surface area (Å²) < 4.78 is 5.35. The van der Waals surface area contributed by atoms with E-state index in [9.17, 15) is 9.59 Å². The molecule has 1 aromatic heterocycles. The zero-order valence-electron chi connectivity index (χ0n) is 12.0. The fraction of sp³-hybridized carbons (Fsp3) is 0.533. The van der Waals surface area contributed by atoms with Gasteiger partial charge >= 0.3 is 5.97 Å². The van der Waals surface area contributed by atoms with Gasteiger partial charge in [-0.2, -0.15) is 0 Å². The normalized spacial score (nSPS) is 15.9. The van der Waals surface area contributed by atoms with Crippen molar-refractivity contribution in [3.63, 3.8) is 0 Å². The van der Waals surface area contributed by atoms with E-state index < -0.39 is 5.97 Å². The maximum atomic E-state index is 12.2. The summed E-state index contributed by atoms with van der Waals surface area (Å²) in [6, 6.07) is 3.10. The van der Waals surface area contributed by atoms with Gasteiger partial charge in [0.25, 0.3) is 5.91 Å². The van der Waals surface area contributed by atoms with Crippen LogP contribution in [0.2, 0.25) is 0 Å². The largest absolute Gasteiger partial charge is 0.481 e. The van der Waals surface area contributed by atoms with Crippen LogP contribution in [0.3, 0.4) is 0 Å². The Balaban J connectivity index is 1.92. The van der Waals surface area contributed by atoms with Crippen LogP contribution in [0.4, 0.5) is 0 Å². The van der Waals surface area contributed by atoms with Gasteiger partial charge in [0.2, 0.25) is 0 Å². The average molecular weight is 292 g/mol. The zero-order chi connectivity index (χ0) is 15.1. The van der Waals surface area contributed by atoms with Crippen molar-refractivity contribution < 1.29 is 19.4 Å². The van der Waals surface area contributed by atoms with Crippen molar-refractivity contribution in [1.82, 2.24) is 9.88 Å². The molecule has 0 aromatic carbocycles. The SMILES string of the molecule is O=C(O)c1ncccc1OCC(=O)N1CCCCCCC1. The Bertz CT molecular complexity index is 496. The van der Waals surface area contributed by atoms with Gasteiger partial charge in [-0.3, -0.25) is 4.79 Å². The second-order valence-electron chi connectivity index (χ2n) is 5.09. The quantitative estimate of drug-likeness (QED) is 0.917. The van der Waals surface area contributed by atoms with E-state index in [-0.39, 0.29) is 24.0 Å². The highest BCUT2D eigenvalue weighted by atomic mass is 16.5. The lowest BCUT2D eigenvalue weighted by Gasteiger charge is -2.24. The molecule has 1 aliphatic heterocycles. The maximum absolute atomic E-state index is 12.2. The molecule has 0 aliphatic carbocycles. The van der Waals surface area contributed by atoms with Crippen LogP contribution < -0.4 is 4.74 Å². The Kier molecular flexibility index (Phi) is 5.54. The summed E-state index contributed by atoms with van der Waals surface area (Å²) in [5.74, 6) is -1.13. The van der Waals surface area contributed by atoms with Crippen molar-refractivity contribution in [3.8, 4) is 5.75 Å². The van der Waals surface area contributed by atoms with Gasteiger partial charge in [0, 0.05) is 19.3 Å². The number of hydrogen-bond donors (Lipinski definition) is 1. The summed E-state index contributed by atoms with van der Waals surface area (Å²) in [6.07, 6.45) is 6.94. The second-order valence-corrected chi connectivity index (χ2v) is 5.09. The molecule has 21 heavy (non-hydrogen) atoms. The number of carbonyl (C=O) groups excluding carboxylic acids is 1. The molecule has 1 fully saturated rings. The van der Waals surface area contributed by atoms with Gasteiger partial charge in [0.05, 0.1) is 0 Å². The van der Waals surface area contributed by atoms with E-state index in [1.165, 1.54) is 18.7 Å². The number of hydrogen-bond acceptors (Lipinski definition) is 4. The first-order valence-corrected chi connectivity index (χ1v) is 7.27. The van der Waals surface area contributed by atoms with Crippen molar-refractivity contribution in [1.29, 1.82) is 0 Å². The van der Waals surface area contributed by atoms with Crippen LogP contribution in [0.25, 0.3) is 0 Å². The Morgan fingerprint density at radius 1 is 1.19 bits per heavy atom. The molecule has 0 spiro atoms. The molecule has 114 valence electrons. The van der Waals surface area contributed by atoms with Crippen LogP contribution in [-0.2, 0) is 4.79 Å². The number of likely N-dealkylation sites (tertiary alicyclic amines) is 1. The van der Waals surface area contributed by atoms with Crippen LogP contribution >= 0.6 is 0 Å². The summed E-state index contributed by atoms with van der Waals surface area (Å²) in [5.41, 5.74) is -0.169. The summed E-state index contributed by atoms with van der Waals surface area (Å²) >= 11 is 0. The van der Waals surface area contributed by atoms with Crippen LogP contribution in [0, 0.1) is 0 Å². The van der Waals surface area contributed by atoms with Crippen molar-refractivity contribution in [2.45, 2.75) is 32.1 Å². The van der Waals surface area contributed by atoms with Crippen molar-refractivity contribution in [2.75, 3.05) is 19.7 Å². The van der Waals surface area contributed by atoms with Crippen molar-refractivity contribution >= 4 is 11.9 Å². The number of pyridine rings is 1. The predicted octanol–water partition coefficient (Wildman–Crippen LogP) is 1.95. The number of amides is 1. The smallest absolute Gasteiger partial charge is 0.358 e. The topological polar surface area (TPSA) is 79.7 Å². The number of rotatable bonds is 4. The van der Waals surface area contributed by atoms with Crippen molar-refractivity contribution in [2.24, 2.45) is 0 Å². The number of carboxylic acids is 1. The minimum Gasteiger partial charge on any atom is -0.481 e. The molecule has 2 heterocycles. The number of ether oxygens (including phenoxy) is 1. The van der Waals surface area contributed by atoms with Crippen LogP contribution in [-0.4, -0.2) is 46.6 Å². The fourth-order valence-corrected chi connectivity index (χ4v) is 2.40. The van der Waals surface area contributed by atoms with Gasteiger partial charge in [-0.05, 0) is 25.0 Å². The lowest BCUT2D eigenvalue weighted by molar-refractivity contribution is -0.133. The Hall–Kier alpha value is -2.11. The minimum absolute atomic E-state index is 0.0999. The summed E-state index contributed by atoms with van der Waals surface area (Å²) in [6.45, 7) is 1.36. The number of nitrogens with zero attached hydrogens (tertiary/aromatic N) is 2. The van der Waals surface area contributed by atoms with Gasteiger partial charge in [0.15, 0.2) is 18.1 Å². The molecule has 1 amide bonds. The lowest BCUT2D eigenvalue weighted by atomic mass is 10.1. The first-order valence-electron chi connectivity index (χ1n) is 7.27. The maximum Gasteiger partial charge on any atom is 0.358 e. The molecule has 6 heteroatoms. The van der Waals surface area contributed by atoms with Gasteiger partial charge in [-0.25, -0.2) is 9.78 Å². The standard InChI is InChI=1S/C15H20N2O4/c18-13(17-9-4-2-1-3-5-10-17)11-21-12-7-6-8-16-14(12)15(19)20/h6-8H,1-5,9-11H2,(H,19,20). The third-order valence-electron chi connectivity index (χ3n) is 3.53. The molecule has 0 unspecified atom stereocenters. The van der Waals surface area contributed by atoms with Crippen LogP contribution in [0.1, 0.15) is 42.6 Å². The Morgan fingerprint density at radius 3 is 2.52 bits per heavy atom. The summed E-state index contributed by atoms with van der Waals surface area (Å²) in [4.78, 5) is 28.7. The highest BCUT2D eigenvalue weighted by molar-refractivity contribution is 5.88. The zero-order valence-corrected chi connectivity index (χ0v) is 12.0. The molecule has 0 bridgehead atoms. The van der Waals surface area contributed by atoms with E-state index in [1.807, 2.05) is 0 Å². The molecule has 1 saturated heterocycles. The predicted molar refractivity (Wildman–Crippen MR) is 76.4 cm³/mol. The van der Waals surface area contributed by atoms with E-state index in [4.69, 9.17) is 9.84 Å². The molecule has 0 radical (unpaired) electrons. The Morgan fingerprint density at radius 2 is 1.86 bits per heavy atom. The first-order chi connectivity index (χ1) is 10.2. The minimum atomic E-state index is -1.16. The monoisotopic (exact) mass is 292 g/mol. The van der Waals surface area contributed by atoms with Gasteiger partial charge in [0.1, 0.15) is 0 Å². The Labute approximate surface area is 123 Å². The van der Waals surface area contributed by atoms with E-state index in [1.54, 1.807) is 11.0 Å². The molecular formula is C15H20N2O4. The second kappa shape index (κ2) is 7.61. The highest BCUT2D eigenvalue weighted by Crippen LogP contribution is 2.16. The first kappa shape index (κ1) is 15.3. The third kappa shape index (κ3) is 4.44. The third-order valence-corrected chi connectivity index (χ3v) is 3.53. The van der Waals surface area contributed by atoms with Gasteiger partial charge < -0.3 is 14.7 Å². The molecule has 6 nitrogen and oxygen atoms in total. The van der Waals surface area contributed by atoms with E-state index >= 15 is 0 Å². The van der Waals surface area contributed by atoms with Crippen molar-refractivity contribution in [3.05, 3.63) is 24.0 Å². The number of aromatic nitrogens is 1. The van der Waals surface area contributed by atoms with E-state index in [0.29, 0.717) is 0 Å². The van der Waals surface area contributed by atoms with Crippen LogP contribution in [0.5, 0.6) is 5.75 Å². The molecule has 1 aromatic rings. The molecule has 1 N–H and O–H groups in total. The van der Waals surface area contributed by atoms with E-state index in [0.717, 1.165) is 38.8 Å². The summed E-state index contributed by atoms with van der Waals surface area (Å²) in [5, 5.41) is 9.01. The summed E-state index contributed by atoms with van der Waals surface area (Å²) in [7, 11) is 0. The van der Waals surface area contributed by atoms with Gasteiger partial charge in [-0.15, -0.1) is 0 Å². The highest BCUT2D eigenvalue weighted by Gasteiger charge is 2.17. The lowest BCUT2D eigenvalue weighted by Crippen LogP contribution is -2.37. The molecule has 2 rings (SSSR count). The molecular weight excluding hydrogens is 272 g/mol. The average Bonchev–Trinajstić information content (AvgIpc) is 2.44. The number of aromatic carboxylic acids is 1. The van der Waals surface area contributed by atoms with E-state index in [2.05, 4.69) is 4.98 Å². The number of carbonyl (C=O) groups is 2. The van der Waals surface area contributed by atoms with Crippen LogP contribution in [0.15, 0.2) is 18.3 Å². The molecule has 0 saturated carbocycles. The van der Waals surface area contributed by atoms with Gasteiger partial charge in [-0.1, -0.05) is 19.3 Å². The fourth-order valence-electron chi connectivity index (χ4n) is 2.40. The number of carboxylic acid groups (broad SMARTS) is 1.